The molecule has 0 aromatic heterocycles. The van der Waals surface area contributed by atoms with Crippen LogP contribution in [0.4, 0.5) is 0 Å². The standard InChI is InChI=1S/C13H14O3.C10H13N/c14-12(15)7-9-2-1-8-3-4-11-10(13(8)9)5-6-16-11;11-10-7-3-5-8-4-1-2-6-9(8)10/h3-4,9H,1-2,5-7H2,(H,14,15);1-2,4,6,10H,3,5,7,11H2/t9-;10-/m00/s1. The van der Waals surface area contributed by atoms with Gasteiger partial charge in [-0.3, -0.25) is 4.79 Å². The third-order valence-electron chi connectivity index (χ3n) is 6.02. The van der Waals surface area contributed by atoms with E-state index in [0.717, 1.165) is 38.0 Å². The van der Waals surface area contributed by atoms with Crippen molar-refractivity contribution in [1.82, 2.24) is 0 Å². The monoisotopic (exact) mass is 365 g/mol. The van der Waals surface area contributed by atoms with Crippen molar-refractivity contribution >= 4 is 5.97 Å². The summed E-state index contributed by atoms with van der Waals surface area (Å²) >= 11 is 0. The lowest BCUT2D eigenvalue weighted by Gasteiger charge is -2.21. The van der Waals surface area contributed by atoms with Crippen molar-refractivity contribution in [1.29, 1.82) is 0 Å². The molecule has 142 valence electrons. The molecule has 4 nitrogen and oxygen atoms in total. The number of hydrogen-bond acceptors (Lipinski definition) is 3. The lowest BCUT2D eigenvalue weighted by atomic mass is 9.88. The Balaban J connectivity index is 0.000000143. The Kier molecular flexibility index (Phi) is 5.17. The first-order valence-corrected chi connectivity index (χ1v) is 9.96. The highest BCUT2D eigenvalue weighted by molar-refractivity contribution is 5.69. The van der Waals surface area contributed by atoms with Crippen LogP contribution < -0.4 is 10.5 Å². The van der Waals surface area contributed by atoms with Crippen molar-refractivity contribution in [2.24, 2.45) is 5.73 Å². The summed E-state index contributed by atoms with van der Waals surface area (Å²) in [7, 11) is 0. The van der Waals surface area contributed by atoms with Crippen LogP contribution in [-0.4, -0.2) is 17.7 Å². The molecular weight excluding hydrogens is 338 g/mol. The van der Waals surface area contributed by atoms with Gasteiger partial charge in [-0.15, -0.1) is 0 Å². The number of carboxylic acid groups (broad SMARTS) is 1. The van der Waals surface area contributed by atoms with Crippen molar-refractivity contribution in [3.8, 4) is 5.75 Å². The molecule has 2 aromatic carbocycles. The Morgan fingerprint density at radius 3 is 2.74 bits per heavy atom. The minimum Gasteiger partial charge on any atom is -0.493 e. The summed E-state index contributed by atoms with van der Waals surface area (Å²) in [6.07, 6.45) is 6.79. The van der Waals surface area contributed by atoms with E-state index in [4.69, 9.17) is 15.6 Å². The van der Waals surface area contributed by atoms with E-state index in [0.29, 0.717) is 6.04 Å². The maximum absolute atomic E-state index is 10.8. The van der Waals surface area contributed by atoms with Crippen LogP contribution in [0.1, 0.15) is 65.5 Å². The van der Waals surface area contributed by atoms with Crippen LogP contribution in [0.25, 0.3) is 0 Å². The third kappa shape index (κ3) is 3.72. The average molecular weight is 365 g/mol. The number of carbonyl (C=O) groups is 1. The summed E-state index contributed by atoms with van der Waals surface area (Å²) < 4.78 is 5.53. The number of benzene rings is 2. The van der Waals surface area contributed by atoms with Gasteiger partial charge >= 0.3 is 5.97 Å². The zero-order valence-electron chi connectivity index (χ0n) is 15.6. The quantitative estimate of drug-likeness (QED) is 0.839. The van der Waals surface area contributed by atoms with Crippen molar-refractivity contribution < 1.29 is 14.6 Å². The maximum Gasteiger partial charge on any atom is 0.303 e. The number of carboxylic acids is 1. The van der Waals surface area contributed by atoms with E-state index in [1.165, 1.54) is 40.7 Å². The summed E-state index contributed by atoms with van der Waals surface area (Å²) in [5.41, 5.74) is 12.6. The Morgan fingerprint density at radius 2 is 1.93 bits per heavy atom. The number of ether oxygens (including phenoxy) is 1. The van der Waals surface area contributed by atoms with Gasteiger partial charge in [0.1, 0.15) is 5.75 Å². The molecule has 1 aliphatic heterocycles. The first kappa shape index (κ1) is 18.1. The van der Waals surface area contributed by atoms with Crippen LogP contribution in [0, 0.1) is 0 Å². The molecule has 0 fully saturated rings. The molecule has 2 aliphatic carbocycles. The van der Waals surface area contributed by atoms with Crippen molar-refractivity contribution in [2.45, 2.75) is 56.9 Å². The van der Waals surface area contributed by atoms with Gasteiger partial charge in [-0.1, -0.05) is 30.3 Å². The molecule has 27 heavy (non-hydrogen) atoms. The Hall–Kier alpha value is -2.33. The van der Waals surface area contributed by atoms with Gasteiger partial charge in [0.15, 0.2) is 0 Å². The van der Waals surface area contributed by atoms with Gasteiger partial charge in [0, 0.05) is 18.0 Å². The van der Waals surface area contributed by atoms with Gasteiger partial charge in [0.2, 0.25) is 0 Å². The van der Waals surface area contributed by atoms with Crippen LogP contribution in [0.2, 0.25) is 0 Å². The normalized spacial score (nSPS) is 22.0. The molecule has 4 heteroatoms. The van der Waals surface area contributed by atoms with E-state index in [2.05, 4.69) is 30.3 Å². The van der Waals surface area contributed by atoms with E-state index < -0.39 is 5.97 Å². The number of aryl methyl sites for hydroxylation is 2. The molecular formula is C23H27NO3. The van der Waals surface area contributed by atoms with Gasteiger partial charge in [-0.2, -0.15) is 0 Å². The second kappa shape index (κ2) is 7.73. The molecule has 0 unspecified atom stereocenters. The van der Waals surface area contributed by atoms with Crippen LogP contribution in [-0.2, 0) is 24.1 Å². The van der Waals surface area contributed by atoms with E-state index in [-0.39, 0.29) is 12.3 Å². The molecule has 2 aromatic rings. The molecule has 0 saturated carbocycles. The SMILES string of the molecule is N[C@H]1CCCc2ccccc21.O=C(O)C[C@@H]1CCc2ccc3c(c21)CCO3. The van der Waals surface area contributed by atoms with Crippen molar-refractivity contribution in [3.05, 3.63) is 64.2 Å². The average Bonchev–Trinajstić information content (AvgIpc) is 3.29. The molecule has 3 aliphatic rings. The largest absolute Gasteiger partial charge is 0.493 e. The zero-order chi connectivity index (χ0) is 18.8. The minimum atomic E-state index is -0.700. The summed E-state index contributed by atoms with van der Waals surface area (Å²) in [6.45, 7) is 0.742. The lowest BCUT2D eigenvalue weighted by Crippen LogP contribution is -2.16. The molecule has 5 rings (SSSR count). The van der Waals surface area contributed by atoms with Crippen molar-refractivity contribution in [2.75, 3.05) is 6.61 Å². The molecule has 2 atom stereocenters. The van der Waals surface area contributed by atoms with Crippen molar-refractivity contribution in [3.63, 3.8) is 0 Å². The predicted octanol–water partition coefficient (Wildman–Crippen LogP) is 4.15. The Bertz CT molecular complexity index is 846. The van der Waals surface area contributed by atoms with Gasteiger partial charge in [0.05, 0.1) is 13.0 Å². The number of fused-ring (bicyclic) bond motifs is 4. The highest BCUT2D eigenvalue weighted by Gasteiger charge is 2.30. The van der Waals surface area contributed by atoms with E-state index in [1.54, 1.807) is 0 Å². The Morgan fingerprint density at radius 1 is 1.07 bits per heavy atom. The number of aliphatic carboxylic acids is 1. The predicted molar refractivity (Wildman–Crippen MR) is 105 cm³/mol. The molecule has 0 radical (unpaired) electrons. The maximum atomic E-state index is 10.8. The fourth-order valence-corrected chi connectivity index (χ4v) is 4.76. The molecule has 0 saturated heterocycles. The fourth-order valence-electron chi connectivity index (χ4n) is 4.76. The van der Waals surface area contributed by atoms with Crippen LogP contribution >= 0.6 is 0 Å². The van der Waals surface area contributed by atoms with Gasteiger partial charge < -0.3 is 15.6 Å². The fraction of sp³-hybridized carbons (Fsp3) is 0.435. The van der Waals surface area contributed by atoms with E-state index >= 15 is 0 Å². The van der Waals surface area contributed by atoms with Gasteiger partial charge in [-0.05, 0) is 66.3 Å². The number of nitrogens with two attached hydrogens (primary N) is 1. The Labute approximate surface area is 160 Å². The molecule has 0 bridgehead atoms. The summed E-state index contributed by atoms with van der Waals surface area (Å²) in [5, 5.41) is 8.92. The first-order chi connectivity index (χ1) is 13.1. The summed E-state index contributed by atoms with van der Waals surface area (Å²) in [6, 6.07) is 12.9. The topological polar surface area (TPSA) is 72.6 Å². The van der Waals surface area contributed by atoms with Gasteiger partial charge in [-0.25, -0.2) is 0 Å². The summed E-state index contributed by atoms with van der Waals surface area (Å²) in [4.78, 5) is 10.8. The number of hydrogen-bond donors (Lipinski definition) is 2. The van der Waals surface area contributed by atoms with Crippen LogP contribution in [0.3, 0.4) is 0 Å². The highest BCUT2D eigenvalue weighted by atomic mass is 16.5. The van der Waals surface area contributed by atoms with Gasteiger partial charge in [0.25, 0.3) is 0 Å². The number of rotatable bonds is 2. The van der Waals surface area contributed by atoms with Crippen LogP contribution in [0.5, 0.6) is 5.75 Å². The molecule has 3 N–H and O–H groups in total. The molecule has 0 spiro atoms. The molecule has 1 heterocycles. The third-order valence-corrected chi connectivity index (χ3v) is 6.02. The lowest BCUT2D eigenvalue weighted by molar-refractivity contribution is -0.137. The van der Waals surface area contributed by atoms with Crippen LogP contribution in [0.15, 0.2) is 36.4 Å². The smallest absolute Gasteiger partial charge is 0.303 e. The van der Waals surface area contributed by atoms with E-state index in [9.17, 15) is 4.79 Å². The minimum absolute atomic E-state index is 0.198. The van der Waals surface area contributed by atoms with E-state index in [1.807, 2.05) is 6.07 Å². The zero-order valence-corrected chi connectivity index (χ0v) is 15.6. The second-order valence-electron chi connectivity index (χ2n) is 7.74. The summed E-state index contributed by atoms with van der Waals surface area (Å²) in [5.74, 6) is 0.467. The first-order valence-electron chi connectivity index (χ1n) is 9.96. The second-order valence-corrected chi connectivity index (χ2v) is 7.74. The molecule has 0 amide bonds. The highest BCUT2D eigenvalue weighted by Crippen LogP contribution is 2.43.